The van der Waals surface area contributed by atoms with Gasteiger partial charge in [-0.1, -0.05) is 130 Å². The molecular formula is C38H70N2O7. The van der Waals surface area contributed by atoms with Crippen LogP contribution in [0.2, 0.25) is 0 Å². The lowest BCUT2D eigenvalue weighted by molar-refractivity contribution is -0.150. The molecule has 0 aliphatic carbocycles. The number of esters is 2. The first-order valence-corrected chi connectivity index (χ1v) is 18.7. The number of carbonyl (C=O) groups excluding carboxylic acids is 4. The summed E-state index contributed by atoms with van der Waals surface area (Å²) in [6, 6.07) is -1.20. The molecule has 0 spiro atoms. The van der Waals surface area contributed by atoms with Gasteiger partial charge in [0, 0.05) is 6.42 Å². The first-order valence-electron chi connectivity index (χ1n) is 18.7. The number of allylic oxidation sites excluding steroid dienone is 2. The van der Waals surface area contributed by atoms with Gasteiger partial charge in [0.05, 0.1) is 26.7 Å². The van der Waals surface area contributed by atoms with Crippen LogP contribution in [0, 0.1) is 11.8 Å². The molecule has 0 saturated carbocycles. The first-order chi connectivity index (χ1) is 22.6. The second kappa shape index (κ2) is 30.9. The molecule has 0 aliphatic rings. The molecule has 0 aromatic carbocycles. The molecule has 9 heteroatoms. The molecule has 2 atom stereocenters. The number of methoxy groups -OCH3 is 1. The summed E-state index contributed by atoms with van der Waals surface area (Å²) in [5, 5.41) is 14.1. The van der Waals surface area contributed by atoms with Gasteiger partial charge in [0.1, 0.15) is 6.10 Å². The van der Waals surface area contributed by atoms with Gasteiger partial charge in [0.15, 0.2) is 6.04 Å². The Labute approximate surface area is 286 Å². The number of hydrogen-bond acceptors (Lipinski definition) is 7. The van der Waals surface area contributed by atoms with E-state index in [4.69, 9.17) is 4.74 Å². The van der Waals surface area contributed by atoms with Crippen molar-refractivity contribution in [3.05, 3.63) is 12.2 Å². The minimum atomic E-state index is -1.20. The Morgan fingerprint density at radius 2 is 1.15 bits per heavy atom. The minimum Gasteiger partial charge on any atom is -0.467 e. The average molecular weight is 667 g/mol. The summed E-state index contributed by atoms with van der Waals surface area (Å²) in [6.07, 6.45) is 25.6. The van der Waals surface area contributed by atoms with Crippen LogP contribution >= 0.6 is 0 Å². The van der Waals surface area contributed by atoms with Gasteiger partial charge in [0.2, 0.25) is 11.8 Å². The van der Waals surface area contributed by atoms with Gasteiger partial charge in [-0.05, 0) is 43.9 Å². The fraction of sp³-hybridized carbons (Fsp3) is 0.842. The molecule has 0 aromatic rings. The first kappa shape index (κ1) is 44.6. The molecule has 0 aromatic heterocycles. The Balaban J connectivity index is 4.55. The number of hydrogen-bond donors (Lipinski definition) is 3. The molecule has 0 fully saturated rings. The summed E-state index contributed by atoms with van der Waals surface area (Å²) >= 11 is 0. The van der Waals surface area contributed by atoms with Gasteiger partial charge in [0.25, 0.3) is 0 Å². The second-order valence-electron chi connectivity index (χ2n) is 13.8. The molecule has 0 bridgehead atoms. The maximum absolute atomic E-state index is 12.6. The standard InChI is InChI=1S/C38H70N2O7/c1-31(2)24-20-16-12-8-6-10-14-18-22-26-33(28-35(42)39-29-36(43)40-34(30-41)38(45)46-5)47-37(44)27-23-19-15-11-7-9-13-17-21-25-32(3)4/h15,19,31-34,41H,6-14,16-18,20-30H2,1-5H3,(H,39,42)(H,40,43)/b19-15-/t33-,34+/m1/s1. The van der Waals surface area contributed by atoms with E-state index in [0.717, 1.165) is 44.6 Å². The maximum Gasteiger partial charge on any atom is 0.330 e. The van der Waals surface area contributed by atoms with E-state index < -0.39 is 36.5 Å². The van der Waals surface area contributed by atoms with Crippen LogP contribution in [0.15, 0.2) is 12.2 Å². The van der Waals surface area contributed by atoms with Crippen molar-refractivity contribution in [1.82, 2.24) is 10.6 Å². The smallest absolute Gasteiger partial charge is 0.330 e. The van der Waals surface area contributed by atoms with E-state index in [1.54, 1.807) is 0 Å². The maximum atomic E-state index is 12.6. The zero-order valence-electron chi connectivity index (χ0n) is 30.6. The van der Waals surface area contributed by atoms with Crippen molar-refractivity contribution in [1.29, 1.82) is 0 Å². The number of rotatable bonds is 31. The Kier molecular flexibility index (Phi) is 29.3. The van der Waals surface area contributed by atoms with Crippen LogP contribution in [0.5, 0.6) is 0 Å². The van der Waals surface area contributed by atoms with Gasteiger partial charge >= 0.3 is 11.9 Å². The molecule has 47 heavy (non-hydrogen) atoms. The highest BCUT2D eigenvalue weighted by Crippen LogP contribution is 2.16. The average Bonchev–Trinajstić information content (AvgIpc) is 3.03. The highest BCUT2D eigenvalue weighted by Gasteiger charge is 2.22. The van der Waals surface area contributed by atoms with Crippen LogP contribution < -0.4 is 10.6 Å². The number of ether oxygens (including phenoxy) is 2. The Morgan fingerprint density at radius 1 is 0.660 bits per heavy atom. The topological polar surface area (TPSA) is 131 Å². The summed E-state index contributed by atoms with van der Waals surface area (Å²) in [5.41, 5.74) is 0. The predicted molar refractivity (Wildman–Crippen MR) is 190 cm³/mol. The Hall–Kier alpha value is -2.42. The van der Waals surface area contributed by atoms with Crippen molar-refractivity contribution in [2.45, 2.75) is 175 Å². The molecule has 0 aliphatic heterocycles. The van der Waals surface area contributed by atoms with Gasteiger partial charge in [-0.3, -0.25) is 14.4 Å². The zero-order chi connectivity index (χ0) is 35.1. The second-order valence-corrected chi connectivity index (χ2v) is 13.8. The monoisotopic (exact) mass is 667 g/mol. The third kappa shape index (κ3) is 29.5. The molecule has 3 N–H and O–H groups in total. The number of amides is 2. The van der Waals surface area contributed by atoms with Crippen LogP contribution in [0.4, 0.5) is 0 Å². The number of carbonyl (C=O) groups is 4. The Morgan fingerprint density at radius 3 is 1.66 bits per heavy atom. The molecule has 274 valence electrons. The lowest BCUT2D eigenvalue weighted by atomic mass is 10.0. The van der Waals surface area contributed by atoms with Crippen molar-refractivity contribution in [3.8, 4) is 0 Å². The number of aliphatic hydroxyl groups excluding tert-OH is 1. The number of nitrogens with one attached hydrogen (secondary N) is 2. The fourth-order valence-corrected chi connectivity index (χ4v) is 5.42. The van der Waals surface area contributed by atoms with Crippen LogP contribution in [0.25, 0.3) is 0 Å². The van der Waals surface area contributed by atoms with Crippen molar-refractivity contribution in [2.75, 3.05) is 20.3 Å². The molecule has 9 nitrogen and oxygen atoms in total. The van der Waals surface area contributed by atoms with Gasteiger partial charge < -0.3 is 25.2 Å². The quantitative estimate of drug-likeness (QED) is 0.0392. The van der Waals surface area contributed by atoms with E-state index in [0.29, 0.717) is 12.8 Å². The minimum absolute atomic E-state index is 0.0389. The highest BCUT2D eigenvalue weighted by molar-refractivity contribution is 5.88. The lowest BCUT2D eigenvalue weighted by Crippen LogP contribution is -2.48. The van der Waals surface area contributed by atoms with Crippen molar-refractivity contribution in [2.24, 2.45) is 11.8 Å². The third-order valence-electron chi connectivity index (χ3n) is 8.30. The van der Waals surface area contributed by atoms with E-state index >= 15 is 0 Å². The summed E-state index contributed by atoms with van der Waals surface area (Å²) in [5.74, 6) is -0.579. The number of unbranched alkanes of at least 4 members (excludes halogenated alkanes) is 13. The van der Waals surface area contributed by atoms with Crippen molar-refractivity contribution < 1.29 is 33.8 Å². The molecule has 0 radical (unpaired) electrons. The largest absolute Gasteiger partial charge is 0.467 e. The summed E-state index contributed by atoms with van der Waals surface area (Å²) < 4.78 is 10.3. The normalized spacial score (nSPS) is 12.8. The lowest BCUT2D eigenvalue weighted by Gasteiger charge is -2.18. The van der Waals surface area contributed by atoms with Crippen LogP contribution in [-0.2, 0) is 28.7 Å². The van der Waals surface area contributed by atoms with E-state index in [9.17, 15) is 24.3 Å². The third-order valence-corrected chi connectivity index (χ3v) is 8.30. The van der Waals surface area contributed by atoms with E-state index in [2.05, 4.69) is 49.1 Å². The van der Waals surface area contributed by atoms with Gasteiger partial charge in [-0.15, -0.1) is 0 Å². The van der Waals surface area contributed by atoms with E-state index in [1.165, 1.54) is 83.5 Å². The van der Waals surface area contributed by atoms with Crippen molar-refractivity contribution in [3.63, 3.8) is 0 Å². The van der Waals surface area contributed by atoms with Gasteiger partial charge in [-0.25, -0.2) is 4.79 Å². The zero-order valence-corrected chi connectivity index (χ0v) is 30.6. The summed E-state index contributed by atoms with van der Waals surface area (Å²) in [7, 11) is 1.16. The van der Waals surface area contributed by atoms with Crippen molar-refractivity contribution >= 4 is 23.8 Å². The van der Waals surface area contributed by atoms with Crippen LogP contribution in [-0.4, -0.2) is 61.3 Å². The predicted octanol–water partition coefficient (Wildman–Crippen LogP) is 7.72. The molecule has 0 saturated heterocycles. The molecular weight excluding hydrogens is 596 g/mol. The SMILES string of the molecule is COC(=O)[C@H](CO)NC(=O)CNC(=O)C[C@@H](CCCCCCCCCCCC(C)C)OC(=O)CC/C=C\CCCCCCCC(C)C. The summed E-state index contributed by atoms with van der Waals surface area (Å²) in [4.78, 5) is 49.0. The fourth-order valence-electron chi connectivity index (χ4n) is 5.42. The van der Waals surface area contributed by atoms with Crippen LogP contribution in [0.1, 0.15) is 163 Å². The number of aliphatic hydroxyl groups is 1. The molecule has 0 heterocycles. The molecule has 0 unspecified atom stereocenters. The summed E-state index contributed by atoms with van der Waals surface area (Å²) in [6.45, 7) is 8.11. The Bertz CT molecular complexity index is 844. The molecule has 2 amide bonds. The molecule has 0 rings (SSSR count). The van der Waals surface area contributed by atoms with Crippen LogP contribution in [0.3, 0.4) is 0 Å². The van der Waals surface area contributed by atoms with Gasteiger partial charge in [-0.2, -0.15) is 0 Å². The van der Waals surface area contributed by atoms with E-state index in [-0.39, 0.29) is 25.4 Å². The highest BCUT2D eigenvalue weighted by atomic mass is 16.5. The van der Waals surface area contributed by atoms with E-state index in [1.807, 2.05) is 6.08 Å².